The number of hydrogen-bond donors (Lipinski definition) is 0. The summed E-state index contributed by atoms with van der Waals surface area (Å²) in [5.41, 5.74) is 3.06. The van der Waals surface area contributed by atoms with Gasteiger partial charge in [0.05, 0.1) is 0 Å². The van der Waals surface area contributed by atoms with Crippen molar-refractivity contribution < 1.29 is 0 Å². The highest BCUT2D eigenvalue weighted by Gasteiger charge is 2.23. The van der Waals surface area contributed by atoms with Crippen LogP contribution in [0.5, 0.6) is 0 Å². The Morgan fingerprint density at radius 3 is 2.12 bits per heavy atom. The quantitative estimate of drug-likeness (QED) is 0.693. The molecule has 0 radical (unpaired) electrons. The van der Waals surface area contributed by atoms with Crippen LogP contribution >= 0.6 is 11.8 Å². The molecule has 3 rings (SSSR count). The van der Waals surface area contributed by atoms with E-state index < -0.39 is 0 Å². The van der Waals surface area contributed by atoms with Crippen molar-refractivity contribution in [2.24, 2.45) is 0 Å². The summed E-state index contributed by atoms with van der Waals surface area (Å²) in [6.07, 6.45) is 12.5. The van der Waals surface area contributed by atoms with Crippen LogP contribution in [0.25, 0.3) is 0 Å². The molecule has 0 nitrogen and oxygen atoms in total. The second-order valence-electron chi connectivity index (χ2n) is 5.28. The van der Waals surface area contributed by atoms with Gasteiger partial charge in [-0.15, -0.1) is 0 Å². The van der Waals surface area contributed by atoms with Gasteiger partial charge in [-0.05, 0) is 49.0 Å². The summed E-state index contributed by atoms with van der Waals surface area (Å²) >= 11 is 1.97. The highest BCUT2D eigenvalue weighted by atomic mass is 32.2. The van der Waals surface area contributed by atoms with E-state index >= 15 is 0 Å². The number of allylic oxidation sites excluding steroid dienone is 1. The fraction of sp³-hybridized carbons (Fsp3) is 0.500. The molecule has 0 aliphatic heterocycles. The lowest BCUT2D eigenvalue weighted by Crippen LogP contribution is -2.08. The molecule has 1 aromatic rings. The molecule has 2 aliphatic rings. The van der Waals surface area contributed by atoms with Crippen molar-refractivity contribution in [3.05, 3.63) is 47.5 Å². The topological polar surface area (TPSA) is 0 Å². The molecule has 0 N–H and O–H groups in total. The first-order valence-corrected chi connectivity index (χ1v) is 7.96. The fourth-order valence-electron chi connectivity index (χ4n) is 2.70. The van der Waals surface area contributed by atoms with E-state index in [9.17, 15) is 0 Å². The monoisotopic (exact) mass is 244 g/mol. The standard InChI is InChI=1S/C16H20S/c1-17-16-10-8-15(9-11-16)14-6-4-13(5-7-14)12-2-3-12/h4-8,10,12,15-16H,2-3,9,11H2,1H3. The maximum absolute atomic E-state index is 2.41. The number of benzene rings is 1. The molecule has 1 saturated carbocycles. The molecule has 0 saturated heterocycles. The molecule has 0 spiro atoms. The van der Waals surface area contributed by atoms with E-state index in [0.717, 1.165) is 11.2 Å². The summed E-state index contributed by atoms with van der Waals surface area (Å²) in [6.45, 7) is 0. The Hall–Kier alpha value is -0.690. The van der Waals surface area contributed by atoms with Gasteiger partial charge in [0.1, 0.15) is 0 Å². The van der Waals surface area contributed by atoms with Gasteiger partial charge in [-0.1, -0.05) is 36.4 Å². The molecule has 0 amide bonds. The fourth-order valence-corrected chi connectivity index (χ4v) is 3.32. The maximum atomic E-state index is 2.41. The molecule has 2 aliphatic carbocycles. The van der Waals surface area contributed by atoms with Crippen molar-refractivity contribution in [2.75, 3.05) is 6.26 Å². The van der Waals surface area contributed by atoms with E-state index in [1.54, 1.807) is 5.56 Å². The van der Waals surface area contributed by atoms with Crippen LogP contribution in [0, 0.1) is 0 Å². The average Bonchev–Trinajstić information content (AvgIpc) is 3.24. The zero-order chi connectivity index (χ0) is 11.7. The Morgan fingerprint density at radius 2 is 1.59 bits per heavy atom. The largest absolute Gasteiger partial charge is 0.158 e. The molecular weight excluding hydrogens is 224 g/mol. The van der Waals surface area contributed by atoms with Gasteiger partial charge in [0, 0.05) is 11.2 Å². The van der Waals surface area contributed by atoms with Crippen molar-refractivity contribution in [1.29, 1.82) is 0 Å². The lowest BCUT2D eigenvalue weighted by Gasteiger charge is -2.22. The van der Waals surface area contributed by atoms with Crippen LogP contribution in [0.15, 0.2) is 36.4 Å². The first kappa shape index (κ1) is 11.4. The molecule has 90 valence electrons. The van der Waals surface area contributed by atoms with Crippen LogP contribution in [-0.4, -0.2) is 11.5 Å². The van der Waals surface area contributed by atoms with Gasteiger partial charge < -0.3 is 0 Å². The zero-order valence-corrected chi connectivity index (χ0v) is 11.2. The van der Waals surface area contributed by atoms with Crippen LogP contribution in [0.1, 0.15) is 48.6 Å². The predicted octanol–water partition coefficient (Wildman–Crippen LogP) is 4.73. The van der Waals surface area contributed by atoms with Crippen molar-refractivity contribution in [3.8, 4) is 0 Å². The minimum Gasteiger partial charge on any atom is -0.158 e. The molecule has 0 aromatic heterocycles. The second kappa shape index (κ2) is 4.89. The molecule has 1 heteroatoms. The normalized spacial score (nSPS) is 28.3. The van der Waals surface area contributed by atoms with Gasteiger partial charge in [0.25, 0.3) is 0 Å². The Bertz CT molecular complexity index is 400. The van der Waals surface area contributed by atoms with Crippen molar-refractivity contribution in [1.82, 2.24) is 0 Å². The molecule has 1 fully saturated rings. The van der Waals surface area contributed by atoms with Gasteiger partial charge in [0.15, 0.2) is 0 Å². The maximum Gasteiger partial charge on any atom is 0.0224 e. The Morgan fingerprint density at radius 1 is 0.882 bits per heavy atom. The molecule has 0 heterocycles. The second-order valence-corrected chi connectivity index (χ2v) is 6.36. The van der Waals surface area contributed by atoms with E-state index in [0.29, 0.717) is 5.92 Å². The van der Waals surface area contributed by atoms with Gasteiger partial charge in [-0.3, -0.25) is 0 Å². The molecule has 2 unspecified atom stereocenters. The van der Waals surface area contributed by atoms with E-state index in [1.165, 1.54) is 31.2 Å². The Kier molecular flexibility index (Phi) is 3.28. The number of rotatable bonds is 3. The van der Waals surface area contributed by atoms with Crippen molar-refractivity contribution >= 4 is 11.8 Å². The molecule has 17 heavy (non-hydrogen) atoms. The van der Waals surface area contributed by atoms with Crippen LogP contribution in [0.3, 0.4) is 0 Å². The third-order valence-corrected chi connectivity index (χ3v) is 5.03. The van der Waals surface area contributed by atoms with E-state index in [-0.39, 0.29) is 0 Å². The van der Waals surface area contributed by atoms with Gasteiger partial charge in [-0.2, -0.15) is 11.8 Å². The molecule has 2 atom stereocenters. The lowest BCUT2D eigenvalue weighted by molar-refractivity contribution is 0.663. The summed E-state index contributed by atoms with van der Waals surface area (Å²) < 4.78 is 0. The highest BCUT2D eigenvalue weighted by molar-refractivity contribution is 7.99. The summed E-state index contributed by atoms with van der Waals surface area (Å²) in [4.78, 5) is 0. The number of hydrogen-bond acceptors (Lipinski definition) is 1. The zero-order valence-electron chi connectivity index (χ0n) is 10.4. The highest BCUT2D eigenvalue weighted by Crippen LogP contribution is 2.40. The minimum atomic E-state index is 0.659. The first-order valence-electron chi connectivity index (χ1n) is 6.68. The van der Waals surface area contributed by atoms with Gasteiger partial charge in [-0.25, -0.2) is 0 Å². The first-order chi connectivity index (χ1) is 8.36. The third-order valence-electron chi connectivity index (χ3n) is 4.04. The Labute approximate surface area is 109 Å². The molecule has 0 bridgehead atoms. The van der Waals surface area contributed by atoms with Gasteiger partial charge >= 0.3 is 0 Å². The summed E-state index contributed by atoms with van der Waals surface area (Å²) in [6, 6.07) is 9.40. The summed E-state index contributed by atoms with van der Waals surface area (Å²) in [7, 11) is 0. The summed E-state index contributed by atoms with van der Waals surface area (Å²) in [5, 5.41) is 0.747. The molecular formula is C16H20S. The van der Waals surface area contributed by atoms with Crippen LogP contribution < -0.4 is 0 Å². The van der Waals surface area contributed by atoms with E-state index in [2.05, 4.69) is 42.7 Å². The smallest absolute Gasteiger partial charge is 0.0224 e. The Balaban J connectivity index is 1.71. The van der Waals surface area contributed by atoms with Crippen molar-refractivity contribution in [3.63, 3.8) is 0 Å². The van der Waals surface area contributed by atoms with Gasteiger partial charge in [0.2, 0.25) is 0 Å². The van der Waals surface area contributed by atoms with Crippen LogP contribution in [0.4, 0.5) is 0 Å². The molecule has 1 aromatic carbocycles. The third kappa shape index (κ3) is 2.60. The lowest BCUT2D eigenvalue weighted by atomic mass is 9.88. The van der Waals surface area contributed by atoms with Crippen molar-refractivity contribution in [2.45, 2.75) is 42.8 Å². The van der Waals surface area contributed by atoms with E-state index in [1.807, 2.05) is 11.8 Å². The SMILES string of the molecule is CSC1C=CC(c2ccc(C3CC3)cc2)CC1. The predicted molar refractivity (Wildman–Crippen MR) is 76.8 cm³/mol. The summed E-state index contributed by atoms with van der Waals surface area (Å²) in [5.74, 6) is 1.54. The minimum absolute atomic E-state index is 0.659. The van der Waals surface area contributed by atoms with Crippen LogP contribution in [0.2, 0.25) is 0 Å². The van der Waals surface area contributed by atoms with E-state index in [4.69, 9.17) is 0 Å². The number of thioether (sulfide) groups is 1. The van der Waals surface area contributed by atoms with Crippen LogP contribution in [-0.2, 0) is 0 Å². The average molecular weight is 244 g/mol.